The lowest BCUT2D eigenvalue weighted by Crippen LogP contribution is -2.40. The molecule has 28 heavy (non-hydrogen) atoms. The number of H-pyrrole nitrogens is 1. The number of aromatic amines is 1. The Hall–Kier alpha value is -3.22. The van der Waals surface area contributed by atoms with E-state index in [9.17, 15) is 14.0 Å². The molecule has 144 valence electrons. The molecule has 1 aromatic carbocycles. The first-order valence-electron chi connectivity index (χ1n) is 9.24. The van der Waals surface area contributed by atoms with Crippen molar-refractivity contribution in [2.24, 2.45) is 0 Å². The Morgan fingerprint density at radius 3 is 2.82 bits per heavy atom. The molecule has 0 spiro atoms. The first kappa shape index (κ1) is 18.2. The highest BCUT2D eigenvalue weighted by Crippen LogP contribution is 2.27. The minimum atomic E-state index is -0.398. The van der Waals surface area contributed by atoms with Crippen LogP contribution in [0.5, 0.6) is 5.75 Å². The van der Waals surface area contributed by atoms with Crippen molar-refractivity contribution in [2.75, 3.05) is 19.7 Å². The zero-order chi connectivity index (χ0) is 19.5. The number of amides is 1. The molecule has 1 amide bonds. The smallest absolute Gasteiger partial charge is 0.260 e. The standard InChI is InChI=1S/C21H20FN3O3/c22-15-3-1-4-16(11-15)28-13-20(26)25-9-6-14(7-10-25)18-12-19-17(21(27)24-18)5-2-8-23-19/h1-5,8,11-12,14H,6-7,9-10,13H2,(H,24,27). The van der Waals surface area contributed by atoms with Crippen LogP contribution in [0, 0.1) is 5.82 Å². The van der Waals surface area contributed by atoms with Gasteiger partial charge in [-0.05, 0) is 43.2 Å². The summed E-state index contributed by atoms with van der Waals surface area (Å²) in [6.07, 6.45) is 3.17. The number of carbonyl (C=O) groups excluding carboxylic acids is 1. The number of pyridine rings is 2. The summed E-state index contributed by atoms with van der Waals surface area (Å²) in [6, 6.07) is 11.2. The van der Waals surface area contributed by atoms with Gasteiger partial charge in [-0.25, -0.2) is 4.39 Å². The van der Waals surface area contributed by atoms with Crippen LogP contribution in [0.1, 0.15) is 24.5 Å². The van der Waals surface area contributed by atoms with Gasteiger partial charge in [-0.2, -0.15) is 0 Å². The van der Waals surface area contributed by atoms with Gasteiger partial charge in [0.25, 0.3) is 11.5 Å². The molecule has 3 heterocycles. The molecule has 1 aliphatic rings. The van der Waals surface area contributed by atoms with E-state index in [1.165, 1.54) is 12.1 Å². The van der Waals surface area contributed by atoms with Crippen LogP contribution < -0.4 is 10.3 Å². The van der Waals surface area contributed by atoms with Gasteiger partial charge >= 0.3 is 0 Å². The Morgan fingerprint density at radius 1 is 1.21 bits per heavy atom. The Bertz CT molecular complexity index is 1060. The van der Waals surface area contributed by atoms with Crippen molar-refractivity contribution >= 4 is 16.8 Å². The molecule has 0 atom stereocenters. The lowest BCUT2D eigenvalue weighted by Gasteiger charge is -2.32. The van der Waals surface area contributed by atoms with Gasteiger partial charge in [0, 0.05) is 37.0 Å². The molecule has 1 aliphatic heterocycles. The Balaban J connectivity index is 1.36. The molecule has 0 bridgehead atoms. The number of piperidine rings is 1. The summed E-state index contributed by atoms with van der Waals surface area (Å²) >= 11 is 0. The maximum atomic E-state index is 13.2. The topological polar surface area (TPSA) is 75.3 Å². The summed E-state index contributed by atoms with van der Waals surface area (Å²) in [5.74, 6) is -0.0159. The molecular weight excluding hydrogens is 361 g/mol. The third-order valence-electron chi connectivity index (χ3n) is 5.08. The van der Waals surface area contributed by atoms with Crippen molar-refractivity contribution in [3.8, 4) is 5.75 Å². The highest BCUT2D eigenvalue weighted by molar-refractivity contribution is 5.78. The third-order valence-corrected chi connectivity index (χ3v) is 5.08. The summed E-state index contributed by atoms with van der Waals surface area (Å²) in [7, 11) is 0. The van der Waals surface area contributed by atoms with E-state index in [0.29, 0.717) is 29.7 Å². The van der Waals surface area contributed by atoms with Crippen LogP contribution in [0.15, 0.2) is 53.5 Å². The minimum Gasteiger partial charge on any atom is -0.484 e. The zero-order valence-electron chi connectivity index (χ0n) is 15.2. The van der Waals surface area contributed by atoms with Crippen LogP contribution in [0.4, 0.5) is 4.39 Å². The fourth-order valence-corrected chi connectivity index (χ4v) is 3.56. The van der Waals surface area contributed by atoms with Crippen molar-refractivity contribution in [1.82, 2.24) is 14.9 Å². The van der Waals surface area contributed by atoms with Crippen molar-refractivity contribution in [3.05, 3.63) is 70.5 Å². The second-order valence-corrected chi connectivity index (χ2v) is 6.89. The predicted octanol–water partition coefficient (Wildman–Crippen LogP) is 2.85. The van der Waals surface area contributed by atoms with Gasteiger partial charge < -0.3 is 14.6 Å². The lowest BCUT2D eigenvalue weighted by atomic mass is 9.92. The number of hydrogen-bond acceptors (Lipinski definition) is 4. The number of rotatable bonds is 4. The van der Waals surface area contributed by atoms with E-state index in [4.69, 9.17) is 4.74 Å². The fourth-order valence-electron chi connectivity index (χ4n) is 3.56. The van der Waals surface area contributed by atoms with E-state index in [1.807, 2.05) is 6.07 Å². The van der Waals surface area contributed by atoms with Crippen molar-refractivity contribution in [3.63, 3.8) is 0 Å². The van der Waals surface area contributed by atoms with E-state index in [-0.39, 0.29) is 24.0 Å². The number of carbonyl (C=O) groups is 1. The number of ether oxygens (including phenoxy) is 1. The van der Waals surface area contributed by atoms with E-state index in [0.717, 1.165) is 18.5 Å². The number of benzene rings is 1. The van der Waals surface area contributed by atoms with Gasteiger partial charge in [0.1, 0.15) is 11.6 Å². The minimum absolute atomic E-state index is 0.120. The van der Waals surface area contributed by atoms with E-state index < -0.39 is 5.82 Å². The normalized spacial score (nSPS) is 15.0. The van der Waals surface area contributed by atoms with E-state index >= 15 is 0 Å². The maximum Gasteiger partial charge on any atom is 0.260 e. The number of nitrogens with one attached hydrogen (secondary N) is 1. The van der Waals surface area contributed by atoms with Crippen LogP contribution in [0.2, 0.25) is 0 Å². The molecule has 0 unspecified atom stereocenters. The van der Waals surface area contributed by atoms with E-state index in [2.05, 4.69) is 9.97 Å². The van der Waals surface area contributed by atoms with Gasteiger partial charge in [-0.3, -0.25) is 14.6 Å². The zero-order valence-corrected chi connectivity index (χ0v) is 15.2. The van der Waals surface area contributed by atoms with Gasteiger partial charge in [-0.15, -0.1) is 0 Å². The summed E-state index contributed by atoms with van der Waals surface area (Å²) in [5.41, 5.74) is 1.41. The van der Waals surface area contributed by atoms with Gasteiger partial charge in [0.05, 0.1) is 10.9 Å². The largest absolute Gasteiger partial charge is 0.484 e. The summed E-state index contributed by atoms with van der Waals surface area (Å²) in [4.78, 5) is 33.6. The SMILES string of the molecule is O=C(COc1cccc(F)c1)N1CCC(c2cc3ncccc3c(=O)[nH]2)CC1. The molecule has 3 aromatic rings. The first-order valence-corrected chi connectivity index (χ1v) is 9.24. The first-order chi connectivity index (χ1) is 13.6. The highest BCUT2D eigenvalue weighted by atomic mass is 19.1. The third kappa shape index (κ3) is 3.88. The Morgan fingerprint density at radius 2 is 2.04 bits per heavy atom. The quantitative estimate of drug-likeness (QED) is 0.754. The molecule has 0 radical (unpaired) electrons. The van der Waals surface area contributed by atoms with Crippen LogP contribution in [0.3, 0.4) is 0 Å². The summed E-state index contributed by atoms with van der Waals surface area (Å²) in [5, 5.41) is 0.577. The summed E-state index contributed by atoms with van der Waals surface area (Å²) < 4.78 is 18.6. The average molecular weight is 381 g/mol. The number of likely N-dealkylation sites (tertiary alicyclic amines) is 1. The van der Waals surface area contributed by atoms with Crippen molar-refractivity contribution in [2.45, 2.75) is 18.8 Å². The molecule has 0 saturated carbocycles. The molecule has 4 rings (SSSR count). The molecule has 2 aromatic heterocycles. The number of nitrogens with zero attached hydrogens (tertiary/aromatic N) is 2. The van der Waals surface area contributed by atoms with Crippen LogP contribution in [-0.4, -0.2) is 40.5 Å². The molecular formula is C21H20FN3O3. The monoisotopic (exact) mass is 381 g/mol. The average Bonchev–Trinajstić information content (AvgIpc) is 2.72. The predicted molar refractivity (Wildman–Crippen MR) is 103 cm³/mol. The van der Waals surface area contributed by atoms with Gasteiger partial charge in [0.15, 0.2) is 6.61 Å². The van der Waals surface area contributed by atoms with Crippen LogP contribution in [-0.2, 0) is 4.79 Å². The number of halogens is 1. The second kappa shape index (κ2) is 7.80. The van der Waals surface area contributed by atoms with Crippen molar-refractivity contribution < 1.29 is 13.9 Å². The molecule has 6 nitrogen and oxygen atoms in total. The molecule has 1 saturated heterocycles. The highest BCUT2D eigenvalue weighted by Gasteiger charge is 2.25. The van der Waals surface area contributed by atoms with Crippen LogP contribution in [0.25, 0.3) is 10.9 Å². The van der Waals surface area contributed by atoms with Crippen molar-refractivity contribution in [1.29, 1.82) is 0 Å². The van der Waals surface area contributed by atoms with Gasteiger partial charge in [0.2, 0.25) is 0 Å². The second-order valence-electron chi connectivity index (χ2n) is 6.89. The van der Waals surface area contributed by atoms with Gasteiger partial charge in [-0.1, -0.05) is 6.07 Å². The summed E-state index contributed by atoms with van der Waals surface area (Å²) in [6.45, 7) is 1.04. The van der Waals surface area contributed by atoms with E-state index in [1.54, 1.807) is 35.4 Å². The molecule has 1 N–H and O–H groups in total. The lowest BCUT2D eigenvalue weighted by molar-refractivity contribution is -0.134. The molecule has 0 aliphatic carbocycles. The molecule has 7 heteroatoms. The Kier molecular flexibility index (Phi) is 5.06. The maximum absolute atomic E-state index is 13.2. The Labute approximate surface area is 161 Å². The number of fused-ring (bicyclic) bond motifs is 1. The molecule has 1 fully saturated rings. The number of hydrogen-bond donors (Lipinski definition) is 1. The fraction of sp³-hybridized carbons (Fsp3) is 0.286. The number of aromatic nitrogens is 2. The van der Waals surface area contributed by atoms with Crippen LogP contribution >= 0.6 is 0 Å².